The Hall–Kier alpha value is -6.16. The summed E-state index contributed by atoms with van der Waals surface area (Å²) in [7, 11) is 0. The van der Waals surface area contributed by atoms with Crippen molar-refractivity contribution in [3.63, 3.8) is 0 Å². The lowest BCUT2D eigenvalue weighted by atomic mass is 10.00. The summed E-state index contributed by atoms with van der Waals surface area (Å²) in [6, 6.07) is 66.1. The largest absolute Gasteiger partial charge is 0.309 e. The monoisotopic (exact) mass is 642 g/mol. The minimum absolute atomic E-state index is 1.12. The van der Waals surface area contributed by atoms with Gasteiger partial charge in [-0.25, -0.2) is 0 Å². The highest BCUT2D eigenvalue weighted by Crippen LogP contribution is 2.49. The van der Waals surface area contributed by atoms with Gasteiger partial charge in [0.2, 0.25) is 0 Å². The van der Waals surface area contributed by atoms with E-state index in [2.05, 4.69) is 191 Å². The topological polar surface area (TPSA) is 8.17 Å². The number of anilines is 3. The molecule has 10 aromatic rings. The lowest BCUT2D eigenvalue weighted by Gasteiger charge is -2.28. The molecular weight excluding hydrogens is 613 g/mol. The molecule has 3 heteroatoms. The molecule has 0 aliphatic rings. The average molecular weight is 643 g/mol. The van der Waals surface area contributed by atoms with Crippen LogP contribution in [-0.4, -0.2) is 4.57 Å². The lowest BCUT2D eigenvalue weighted by Crippen LogP contribution is -2.11. The number of fused-ring (bicyclic) bond motifs is 8. The van der Waals surface area contributed by atoms with Gasteiger partial charge in [0.15, 0.2) is 0 Å². The van der Waals surface area contributed by atoms with Crippen molar-refractivity contribution in [3.05, 3.63) is 182 Å². The Kier molecular flexibility index (Phi) is 6.39. The first-order valence-electron chi connectivity index (χ1n) is 16.7. The van der Waals surface area contributed by atoms with E-state index < -0.39 is 0 Å². The van der Waals surface area contributed by atoms with E-state index in [1.807, 2.05) is 11.3 Å². The molecule has 2 heterocycles. The molecule has 230 valence electrons. The van der Waals surface area contributed by atoms with E-state index in [0.29, 0.717) is 0 Å². The smallest absolute Gasteiger partial charge is 0.0640 e. The SMILES string of the molecule is c1ccc(-c2ccc(N(c3cc4c(c5ccccc35)c3ccccc3n4-c3ccccc3)c3cccc4c3sc3ccccc34)cc2)cc1. The van der Waals surface area contributed by atoms with Gasteiger partial charge in [0.25, 0.3) is 0 Å². The van der Waals surface area contributed by atoms with E-state index >= 15 is 0 Å². The number of rotatable bonds is 5. The molecule has 2 aromatic heterocycles. The molecule has 0 N–H and O–H groups in total. The third kappa shape index (κ3) is 4.40. The van der Waals surface area contributed by atoms with Crippen molar-refractivity contribution < 1.29 is 0 Å². The van der Waals surface area contributed by atoms with Crippen LogP contribution in [-0.2, 0) is 0 Å². The van der Waals surface area contributed by atoms with Crippen LogP contribution in [0.15, 0.2) is 182 Å². The molecule has 0 saturated heterocycles. The first kappa shape index (κ1) is 27.9. The summed E-state index contributed by atoms with van der Waals surface area (Å²) in [6.07, 6.45) is 0. The van der Waals surface area contributed by atoms with Crippen LogP contribution in [0.1, 0.15) is 0 Å². The Morgan fingerprint density at radius 2 is 1.02 bits per heavy atom. The summed E-state index contributed by atoms with van der Waals surface area (Å²) in [5.74, 6) is 0. The van der Waals surface area contributed by atoms with E-state index in [1.165, 1.54) is 69.6 Å². The van der Waals surface area contributed by atoms with Crippen LogP contribution < -0.4 is 4.90 Å². The molecule has 0 amide bonds. The Labute approximate surface area is 288 Å². The van der Waals surface area contributed by atoms with Gasteiger partial charge in [0.05, 0.1) is 27.1 Å². The normalized spacial score (nSPS) is 11.7. The first-order chi connectivity index (χ1) is 24.3. The highest BCUT2D eigenvalue weighted by molar-refractivity contribution is 7.26. The van der Waals surface area contributed by atoms with Gasteiger partial charge in [0, 0.05) is 43.0 Å². The second-order valence-corrected chi connectivity index (χ2v) is 13.6. The molecule has 0 radical (unpaired) electrons. The highest BCUT2D eigenvalue weighted by atomic mass is 32.1. The van der Waals surface area contributed by atoms with Crippen LogP contribution in [0.5, 0.6) is 0 Å². The van der Waals surface area contributed by atoms with Gasteiger partial charge in [0.1, 0.15) is 0 Å². The number of para-hydroxylation sites is 2. The van der Waals surface area contributed by atoms with E-state index in [9.17, 15) is 0 Å². The number of hydrogen-bond acceptors (Lipinski definition) is 2. The number of thiophene rings is 1. The fourth-order valence-electron chi connectivity index (χ4n) is 7.60. The van der Waals surface area contributed by atoms with Crippen molar-refractivity contribution in [2.24, 2.45) is 0 Å². The van der Waals surface area contributed by atoms with E-state index in [0.717, 1.165) is 17.1 Å². The van der Waals surface area contributed by atoms with Gasteiger partial charge in [-0.3, -0.25) is 0 Å². The van der Waals surface area contributed by atoms with E-state index in [-0.39, 0.29) is 0 Å². The van der Waals surface area contributed by atoms with Crippen molar-refractivity contribution in [1.82, 2.24) is 4.57 Å². The molecule has 0 aliphatic heterocycles. The van der Waals surface area contributed by atoms with Gasteiger partial charge in [-0.2, -0.15) is 0 Å². The van der Waals surface area contributed by atoms with Crippen LogP contribution in [0.4, 0.5) is 17.1 Å². The zero-order chi connectivity index (χ0) is 32.3. The van der Waals surface area contributed by atoms with Gasteiger partial charge in [-0.05, 0) is 65.0 Å². The number of aromatic nitrogens is 1. The Bertz CT molecular complexity index is 2810. The zero-order valence-electron chi connectivity index (χ0n) is 26.6. The predicted molar refractivity (Wildman–Crippen MR) is 211 cm³/mol. The number of benzene rings is 8. The molecular formula is C46H30N2S. The molecule has 8 aromatic carbocycles. The Morgan fingerprint density at radius 1 is 0.408 bits per heavy atom. The van der Waals surface area contributed by atoms with Gasteiger partial charge in [-0.15, -0.1) is 11.3 Å². The highest BCUT2D eigenvalue weighted by Gasteiger charge is 2.23. The molecule has 0 bridgehead atoms. The van der Waals surface area contributed by atoms with Gasteiger partial charge in [-0.1, -0.05) is 133 Å². The summed E-state index contributed by atoms with van der Waals surface area (Å²) >= 11 is 1.87. The van der Waals surface area contributed by atoms with Crippen molar-refractivity contribution in [3.8, 4) is 16.8 Å². The van der Waals surface area contributed by atoms with Crippen LogP contribution in [0.25, 0.3) is 69.6 Å². The minimum atomic E-state index is 1.12. The zero-order valence-corrected chi connectivity index (χ0v) is 27.4. The summed E-state index contributed by atoms with van der Waals surface area (Å²) in [5.41, 5.74) is 9.42. The maximum atomic E-state index is 2.49. The third-order valence-corrected chi connectivity index (χ3v) is 11.0. The van der Waals surface area contributed by atoms with Gasteiger partial charge >= 0.3 is 0 Å². The maximum Gasteiger partial charge on any atom is 0.0640 e. The standard InChI is InChI=1S/C46H30N2S/c1-3-14-31(15-4-1)32-26-28-34(29-27-32)48(41-24-13-22-38-36-19-10-12-25-44(36)49-46(38)41)42-30-43-45(37-20-8-7-18-35(37)42)39-21-9-11-23-40(39)47(43)33-16-5-2-6-17-33/h1-30H. The first-order valence-corrected chi connectivity index (χ1v) is 17.5. The Morgan fingerprint density at radius 3 is 1.82 bits per heavy atom. The fraction of sp³-hybridized carbons (Fsp3) is 0. The Balaban J connectivity index is 1.32. The van der Waals surface area contributed by atoms with Crippen molar-refractivity contribution >= 4 is 81.1 Å². The minimum Gasteiger partial charge on any atom is -0.309 e. The molecule has 2 nitrogen and oxygen atoms in total. The van der Waals surface area contributed by atoms with E-state index in [1.54, 1.807) is 0 Å². The second-order valence-electron chi connectivity index (χ2n) is 12.5. The van der Waals surface area contributed by atoms with Crippen molar-refractivity contribution in [2.45, 2.75) is 0 Å². The molecule has 10 rings (SSSR count). The average Bonchev–Trinajstić information content (AvgIpc) is 3.72. The number of hydrogen-bond donors (Lipinski definition) is 0. The molecule has 0 saturated carbocycles. The molecule has 0 atom stereocenters. The summed E-state index contributed by atoms with van der Waals surface area (Å²) in [6.45, 7) is 0. The molecule has 49 heavy (non-hydrogen) atoms. The summed E-state index contributed by atoms with van der Waals surface area (Å²) in [4.78, 5) is 2.49. The fourth-order valence-corrected chi connectivity index (χ4v) is 8.81. The quantitative estimate of drug-likeness (QED) is 0.181. The second kappa shape index (κ2) is 11.2. The predicted octanol–water partition coefficient (Wildman–Crippen LogP) is 13.4. The molecule has 0 unspecified atom stereocenters. The van der Waals surface area contributed by atoms with Crippen LogP contribution in [0.3, 0.4) is 0 Å². The van der Waals surface area contributed by atoms with Crippen LogP contribution in [0.2, 0.25) is 0 Å². The van der Waals surface area contributed by atoms with Crippen molar-refractivity contribution in [2.75, 3.05) is 4.90 Å². The molecule has 0 fully saturated rings. The summed E-state index contributed by atoms with van der Waals surface area (Å²) in [5, 5.41) is 7.58. The van der Waals surface area contributed by atoms with Crippen LogP contribution >= 0.6 is 11.3 Å². The summed E-state index contributed by atoms with van der Waals surface area (Å²) < 4.78 is 5.01. The maximum absolute atomic E-state index is 2.49. The lowest BCUT2D eigenvalue weighted by molar-refractivity contribution is 1.18. The third-order valence-electron chi connectivity index (χ3n) is 9.77. The van der Waals surface area contributed by atoms with Crippen molar-refractivity contribution in [1.29, 1.82) is 0 Å². The molecule has 0 aliphatic carbocycles. The van der Waals surface area contributed by atoms with Crippen LogP contribution in [0, 0.1) is 0 Å². The van der Waals surface area contributed by atoms with E-state index in [4.69, 9.17) is 0 Å². The van der Waals surface area contributed by atoms with Gasteiger partial charge < -0.3 is 9.47 Å². The molecule has 0 spiro atoms. The number of nitrogens with zero attached hydrogens (tertiary/aromatic N) is 2.